The van der Waals surface area contributed by atoms with Crippen LogP contribution in [0.25, 0.3) is 0 Å². The molecule has 1 aliphatic heterocycles. The number of morpholine rings is 1. The molecule has 0 saturated carbocycles. The lowest BCUT2D eigenvalue weighted by atomic mass is 10.1. The highest BCUT2D eigenvalue weighted by atomic mass is 79.9. The molecule has 1 N–H and O–H groups in total. The fourth-order valence-electron chi connectivity index (χ4n) is 1.54. The lowest BCUT2D eigenvalue weighted by Crippen LogP contribution is -2.42. The first kappa shape index (κ1) is 10.9. The third kappa shape index (κ3) is 2.90. The van der Waals surface area contributed by atoms with E-state index in [1.807, 2.05) is 0 Å². The van der Waals surface area contributed by atoms with E-state index < -0.39 is 0 Å². The smallest absolute Gasteiger partial charge is 0.199 e. The topological polar surface area (TPSA) is 51.5 Å². The number of furan rings is 1. The predicted molar refractivity (Wildman–Crippen MR) is 58.0 cm³/mol. The maximum Gasteiger partial charge on any atom is 0.199 e. The number of ketones is 1. The van der Waals surface area contributed by atoms with Gasteiger partial charge in [0.1, 0.15) is 0 Å². The van der Waals surface area contributed by atoms with Crippen molar-refractivity contribution in [2.24, 2.45) is 0 Å². The van der Waals surface area contributed by atoms with Crippen molar-refractivity contribution in [3.05, 3.63) is 22.6 Å². The van der Waals surface area contributed by atoms with Crippen LogP contribution in [0.5, 0.6) is 0 Å². The molecule has 0 bridgehead atoms. The van der Waals surface area contributed by atoms with Crippen LogP contribution in [0.3, 0.4) is 0 Å². The molecule has 0 radical (unpaired) electrons. The van der Waals surface area contributed by atoms with Crippen molar-refractivity contribution in [1.82, 2.24) is 5.32 Å². The van der Waals surface area contributed by atoms with E-state index in [1.165, 1.54) is 0 Å². The van der Waals surface area contributed by atoms with Crippen LogP contribution in [-0.2, 0) is 4.74 Å². The minimum absolute atomic E-state index is 0.00343. The number of ether oxygens (including phenoxy) is 1. The summed E-state index contributed by atoms with van der Waals surface area (Å²) in [6, 6.07) is 3.50. The molecule has 1 aromatic heterocycles. The molecule has 1 aliphatic rings. The molecule has 1 aromatic rings. The summed E-state index contributed by atoms with van der Waals surface area (Å²) in [4.78, 5) is 11.7. The standard InChI is InChI=1S/C10H12BrNO3/c11-10-2-1-9(15-10)8(13)5-7-6-14-4-3-12-7/h1-2,7,12H,3-6H2. The third-order valence-electron chi connectivity index (χ3n) is 2.28. The molecule has 0 amide bonds. The Morgan fingerprint density at radius 3 is 3.07 bits per heavy atom. The summed E-state index contributed by atoms with van der Waals surface area (Å²) in [6.07, 6.45) is 0.417. The lowest BCUT2D eigenvalue weighted by Gasteiger charge is -2.22. The molecule has 4 nitrogen and oxygen atoms in total. The Balaban J connectivity index is 1.91. The Morgan fingerprint density at radius 1 is 1.60 bits per heavy atom. The van der Waals surface area contributed by atoms with Crippen LogP contribution >= 0.6 is 15.9 Å². The van der Waals surface area contributed by atoms with E-state index in [-0.39, 0.29) is 11.8 Å². The van der Waals surface area contributed by atoms with E-state index in [4.69, 9.17) is 9.15 Å². The minimum atomic E-state index is 0.00343. The van der Waals surface area contributed by atoms with Gasteiger partial charge >= 0.3 is 0 Å². The van der Waals surface area contributed by atoms with Gasteiger partial charge in [-0.05, 0) is 28.1 Å². The molecule has 15 heavy (non-hydrogen) atoms. The van der Waals surface area contributed by atoms with Crippen molar-refractivity contribution in [3.8, 4) is 0 Å². The fraction of sp³-hybridized carbons (Fsp3) is 0.500. The Bertz CT molecular complexity index is 344. The first-order chi connectivity index (χ1) is 7.25. The number of hydrogen-bond donors (Lipinski definition) is 1. The second-order valence-corrected chi connectivity index (χ2v) is 4.24. The quantitative estimate of drug-likeness (QED) is 0.851. The van der Waals surface area contributed by atoms with Crippen molar-refractivity contribution < 1.29 is 13.9 Å². The number of nitrogens with one attached hydrogen (secondary N) is 1. The number of carbonyl (C=O) groups is 1. The van der Waals surface area contributed by atoms with Gasteiger partial charge in [-0.15, -0.1) is 0 Å². The van der Waals surface area contributed by atoms with E-state index in [0.717, 1.165) is 13.2 Å². The van der Waals surface area contributed by atoms with Gasteiger partial charge in [-0.25, -0.2) is 0 Å². The van der Waals surface area contributed by atoms with Gasteiger partial charge in [-0.1, -0.05) is 0 Å². The number of rotatable bonds is 3. The number of Topliss-reactive ketones (excluding diaryl/α,β-unsaturated/α-hetero) is 1. The molecule has 2 rings (SSSR count). The van der Waals surface area contributed by atoms with Gasteiger partial charge in [0.15, 0.2) is 16.2 Å². The molecule has 1 atom stereocenters. The van der Waals surface area contributed by atoms with Crippen molar-refractivity contribution in [3.63, 3.8) is 0 Å². The zero-order valence-corrected chi connectivity index (χ0v) is 9.75. The predicted octanol–water partition coefficient (Wildman–Crippen LogP) is 1.60. The largest absolute Gasteiger partial charge is 0.446 e. The van der Waals surface area contributed by atoms with Gasteiger partial charge in [0.25, 0.3) is 0 Å². The van der Waals surface area contributed by atoms with Crippen LogP contribution in [0.2, 0.25) is 0 Å². The van der Waals surface area contributed by atoms with Gasteiger partial charge in [0, 0.05) is 19.0 Å². The summed E-state index contributed by atoms with van der Waals surface area (Å²) >= 11 is 3.17. The van der Waals surface area contributed by atoms with Gasteiger partial charge in [0.2, 0.25) is 0 Å². The molecule has 2 heterocycles. The SMILES string of the molecule is O=C(CC1COCCN1)c1ccc(Br)o1. The van der Waals surface area contributed by atoms with Crippen molar-refractivity contribution in [1.29, 1.82) is 0 Å². The number of hydrogen-bond acceptors (Lipinski definition) is 4. The molecule has 1 fully saturated rings. The first-order valence-electron chi connectivity index (χ1n) is 4.85. The summed E-state index contributed by atoms with van der Waals surface area (Å²) < 4.78 is 11.0. The fourth-order valence-corrected chi connectivity index (χ4v) is 1.85. The first-order valence-corrected chi connectivity index (χ1v) is 5.64. The molecular weight excluding hydrogens is 262 g/mol. The normalized spacial score (nSPS) is 21.5. The van der Waals surface area contributed by atoms with Crippen LogP contribution in [0.4, 0.5) is 0 Å². The summed E-state index contributed by atoms with van der Waals surface area (Å²) in [7, 11) is 0. The molecule has 5 heteroatoms. The molecule has 0 spiro atoms. The van der Waals surface area contributed by atoms with Gasteiger partial charge in [0.05, 0.1) is 13.2 Å². The molecule has 82 valence electrons. The van der Waals surface area contributed by atoms with Crippen LogP contribution < -0.4 is 5.32 Å². The van der Waals surface area contributed by atoms with E-state index >= 15 is 0 Å². The number of halogens is 1. The summed E-state index contributed by atoms with van der Waals surface area (Å²) in [5.41, 5.74) is 0. The summed E-state index contributed by atoms with van der Waals surface area (Å²) in [6.45, 7) is 2.12. The monoisotopic (exact) mass is 273 g/mol. The Labute approximate surface area is 96.1 Å². The average molecular weight is 274 g/mol. The maximum atomic E-state index is 11.7. The minimum Gasteiger partial charge on any atom is -0.446 e. The summed E-state index contributed by atoms with van der Waals surface area (Å²) in [5, 5.41) is 3.23. The second-order valence-electron chi connectivity index (χ2n) is 3.46. The van der Waals surface area contributed by atoms with Crippen LogP contribution in [-0.4, -0.2) is 31.6 Å². The zero-order valence-electron chi connectivity index (χ0n) is 8.16. The average Bonchev–Trinajstić information content (AvgIpc) is 2.66. The zero-order chi connectivity index (χ0) is 10.7. The van der Waals surface area contributed by atoms with Gasteiger partial charge in [-0.3, -0.25) is 4.79 Å². The molecule has 0 aliphatic carbocycles. The Hall–Kier alpha value is -0.650. The lowest BCUT2D eigenvalue weighted by molar-refractivity contribution is 0.0665. The highest BCUT2D eigenvalue weighted by Crippen LogP contribution is 2.16. The van der Waals surface area contributed by atoms with Gasteiger partial charge in [-0.2, -0.15) is 0 Å². The Kier molecular flexibility index (Phi) is 3.56. The molecule has 0 aromatic carbocycles. The van der Waals surface area contributed by atoms with E-state index in [9.17, 15) is 4.79 Å². The third-order valence-corrected chi connectivity index (χ3v) is 2.70. The van der Waals surface area contributed by atoms with Crippen molar-refractivity contribution in [2.75, 3.05) is 19.8 Å². The molecule has 1 unspecified atom stereocenters. The number of carbonyl (C=O) groups excluding carboxylic acids is 1. The van der Waals surface area contributed by atoms with Crippen LogP contribution in [0.1, 0.15) is 17.0 Å². The van der Waals surface area contributed by atoms with E-state index in [1.54, 1.807) is 12.1 Å². The van der Waals surface area contributed by atoms with Crippen LogP contribution in [0.15, 0.2) is 21.2 Å². The van der Waals surface area contributed by atoms with Crippen molar-refractivity contribution >= 4 is 21.7 Å². The van der Waals surface area contributed by atoms with E-state index in [0.29, 0.717) is 23.5 Å². The van der Waals surface area contributed by atoms with Crippen molar-refractivity contribution in [2.45, 2.75) is 12.5 Å². The second kappa shape index (κ2) is 4.92. The molecule has 1 saturated heterocycles. The maximum absolute atomic E-state index is 11.7. The summed E-state index contributed by atoms with van der Waals surface area (Å²) in [5.74, 6) is 0.401. The highest BCUT2D eigenvalue weighted by Gasteiger charge is 2.19. The Morgan fingerprint density at radius 2 is 2.47 bits per heavy atom. The van der Waals surface area contributed by atoms with Crippen LogP contribution in [0, 0.1) is 0 Å². The van der Waals surface area contributed by atoms with E-state index in [2.05, 4.69) is 21.2 Å². The van der Waals surface area contributed by atoms with Gasteiger partial charge < -0.3 is 14.5 Å². The molecular formula is C10H12BrNO3. The highest BCUT2D eigenvalue weighted by molar-refractivity contribution is 9.10.